The minimum atomic E-state index is -0.928. The topological polar surface area (TPSA) is 117 Å². The van der Waals surface area contributed by atoms with E-state index in [1.54, 1.807) is 61.9 Å². The maximum absolute atomic E-state index is 13.8. The first kappa shape index (κ1) is 31.0. The van der Waals surface area contributed by atoms with Crippen LogP contribution in [0.3, 0.4) is 0 Å². The van der Waals surface area contributed by atoms with Crippen LogP contribution in [-0.2, 0) is 32.2 Å². The zero-order chi connectivity index (χ0) is 30.6. The first-order valence-corrected chi connectivity index (χ1v) is 14.5. The van der Waals surface area contributed by atoms with E-state index in [-0.39, 0.29) is 30.2 Å². The summed E-state index contributed by atoms with van der Waals surface area (Å²) in [5.41, 5.74) is 3.09. The quantitative estimate of drug-likeness (QED) is 0.445. The molecule has 0 spiro atoms. The van der Waals surface area contributed by atoms with E-state index < -0.39 is 23.7 Å². The molecule has 0 bridgehead atoms. The minimum absolute atomic E-state index is 0.0274. The monoisotopic (exact) mass is 578 g/mol. The van der Waals surface area contributed by atoms with E-state index in [1.807, 2.05) is 18.2 Å². The Morgan fingerprint density at radius 2 is 1.83 bits per heavy atom. The molecule has 4 rings (SSSR count). The number of hydrogen-bond acceptors (Lipinski definition) is 6. The van der Waals surface area contributed by atoms with Crippen molar-refractivity contribution in [1.29, 1.82) is 0 Å². The van der Waals surface area contributed by atoms with Gasteiger partial charge in [0.05, 0.1) is 12.5 Å². The Balaban J connectivity index is 1.45. The van der Waals surface area contributed by atoms with Gasteiger partial charge in [0.1, 0.15) is 11.7 Å². The van der Waals surface area contributed by atoms with Crippen LogP contribution in [-0.4, -0.2) is 60.6 Å². The van der Waals surface area contributed by atoms with Crippen molar-refractivity contribution in [2.75, 3.05) is 30.4 Å². The summed E-state index contributed by atoms with van der Waals surface area (Å²) in [5.74, 6) is -1.05. The van der Waals surface area contributed by atoms with Crippen LogP contribution in [0.4, 0.5) is 16.2 Å². The number of anilines is 2. The average Bonchev–Trinajstić information content (AvgIpc) is 3.22. The number of benzene rings is 2. The SMILES string of the molecule is CCC(C)CC(C(=O)Nc1ccc(CNC(=O)OC(C)(C)C)cc1)C1OCCN(c2ccc3c(c2)CN(C)C3=O)C1=O. The molecule has 2 heterocycles. The van der Waals surface area contributed by atoms with Crippen LogP contribution < -0.4 is 15.5 Å². The first-order chi connectivity index (χ1) is 19.9. The first-order valence-electron chi connectivity index (χ1n) is 14.5. The molecule has 0 radical (unpaired) electrons. The second-order valence-corrected chi connectivity index (χ2v) is 12.2. The van der Waals surface area contributed by atoms with Gasteiger partial charge in [0.15, 0.2) is 0 Å². The lowest BCUT2D eigenvalue weighted by atomic mass is 9.87. The third-order valence-electron chi connectivity index (χ3n) is 7.62. The Kier molecular flexibility index (Phi) is 9.56. The highest BCUT2D eigenvalue weighted by molar-refractivity contribution is 6.04. The molecule has 2 aromatic rings. The lowest BCUT2D eigenvalue weighted by Crippen LogP contribution is -2.53. The van der Waals surface area contributed by atoms with Crippen molar-refractivity contribution in [2.24, 2.45) is 11.8 Å². The molecule has 4 amide bonds. The molecule has 226 valence electrons. The predicted molar refractivity (Wildman–Crippen MR) is 160 cm³/mol. The molecule has 2 aromatic carbocycles. The van der Waals surface area contributed by atoms with E-state index >= 15 is 0 Å². The number of nitrogens with one attached hydrogen (secondary N) is 2. The fourth-order valence-corrected chi connectivity index (χ4v) is 5.17. The van der Waals surface area contributed by atoms with Crippen LogP contribution in [0, 0.1) is 11.8 Å². The Labute approximate surface area is 247 Å². The summed E-state index contributed by atoms with van der Waals surface area (Å²) >= 11 is 0. The highest BCUT2D eigenvalue weighted by Gasteiger charge is 2.41. The van der Waals surface area contributed by atoms with E-state index in [1.165, 1.54) is 0 Å². The van der Waals surface area contributed by atoms with Crippen LogP contribution in [0.2, 0.25) is 0 Å². The molecule has 3 atom stereocenters. The summed E-state index contributed by atoms with van der Waals surface area (Å²) in [7, 11) is 1.75. The second kappa shape index (κ2) is 12.9. The summed E-state index contributed by atoms with van der Waals surface area (Å²) < 4.78 is 11.2. The molecule has 2 aliphatic rings. The van der Waals surface area contributed by atoms with Gasteiger partial charge in [-0.05, 0) is 74.6 Å². The number of alkyl carbamates (subject to hydrolysis) is 1. The number of hydrogen-bond donors (Lipinski definition) is 2. The molecular formula is C32H42N4O6. The van der Waals surface area contributed by atoms with E-state index in [2.05, 4.69) is 24.5 Å². The standard InChI is InChI=1S/C32H42N4O6/c1-7-20(2)16-26(28(37)34-23-10-8-21(9-11-23)18-33-31(40)42-32(3,4)5)27-30(39)36(14-15-41-27)24-12-13-25-22(17-24)19-35(6)29(25)38/h8-13,17,20,26-27H,7,14-16,18-19H2,1-6H3,(H,33,40)(H,34,37). The number of nitrogens with zero attached hydrogens (tertiary/aromatic N) is 2. The number of fused-ring (bicyclic) bond motifs is 1. The molecule has 3 unspecified atom stereocenters. The number of ether oxygens (including phenoxy) is 2. The van der Waals surface area contributed by atoms with E-state index in [4.69, 9.17) is 9.47 Å². The van der Waals surface area contributed by atoms with Gasteiger partial charge in [0.25, 0.3) is 11.8 Å². The summed E-state index contributed by atoms with van der Waals surface area (Å²) in [6, 6.07) is 12.6. The molecule has 0 aliphatic carbocycles. The predicted octanol–water partition coefficient (Wildman–Crippen LogP) is 4.72. The molecule has 0 saturated carbocycles. The highest BCUT2D eigenvalue weighted by Crippen LogP contribution is 2.31. The second-order valence-electron chi connectivity index (χ2n) is 12.2. The fourth-order valence-electron chi connectivity index (χ4n) is 5.17. The molecule has 1 fully saturated rings. The summed E-state index contributed by atoms with van der Waals surface area (Å²) in [6.45, 7) is 11.0. The summed E-state index contributed by atoms with van der Waals surface area (Å²) in [6.07, 6.45) is -0.0732. The van der Waals surface area contributed by atoms with Crippen molar-refractivity contribution in [3.05, 3.63) is 59.2 Å². The number of carbonyl (C=O) groups excluding carboxylic acids is 4. The maximum Gasteiger partial charge on any atom is 0.407 e. The van der Waals surface area contributed by atoms with Gasteiger partial charge in [0, 0.05) is 43.6 Å². The molecule has 42 heavy (non-hydrogen) atoms. The van der Waals surface area contributed by atoms with E-state index in [9.17, 15) is 19.2 Å². The smallest absolute Gasteiger partial charge is 0.407 e. The van der Waals surface area contributed by atoms with Gasteiger partial charge in [-0.3, -0.25) is 14.4 Å². The van der Waals surface area contributed by atoms with Crippen molar-refractivity contribution < 1.29 is 28.7 Å². The zero-order valence-corrected chi connectivity index (χ0v) is 25.4. The summed E-state index contributed by atoms with van der Waals surface area (Å²) in [5, 5.41) is 5.69. The van der Waals surface area contributed by atoms with Gasteiger partial charge in [-0.25, -0.2) is 4.79 Å². The number of morpholine rings is 1. The van der Waals surface area contributed by atoms with Crippen molar-refractivity contribution in [2.45, 2.75) is 72.3 Å². The third kappa shape index (κ3) is 7.47. The van der Waals surface area contributed by atoms with Crippen molar-refractivity contribution in [1.82, 2.24) is 10.2 Å². The normalized spacial score (nSPS) is 18.4. The maximum atomic E-state index is 13.8. The lowest BCUT2D eigenvalue weighted by molar-refractivity contribution is -0.144. The third-order valence-corrected chi connectivity index (χ3v) is 7.62. The van der Waals surface area contributed by atoms with Crippen LogP contribution >= 0.6 is 0 Å². The lowest BCUT2D eigenvalue weighted by Gasteiger charge is -2.36. The van der Waals surface area contributed by atoms with E-state index in [0.717, 1.165) is 17.5 Å². The Morgan fingerprint density at radius 3 is 2.50 bits per heavy atom. The molecule has 2 N–H and O–H groups in total. The van der Waals surface area contributed by atoms with Crippen LogP contribution in [0.15, 0.2) is 42.5 Å². The average molecular weight is 579 g/mol. The van der Waals surface area contributed by atoms with Gasteiger partial charge in [0.2, 0.25) is 5.91 Å². The number of rotatable bonds is 9. The molecule has 10 nitrogen and oxygen atoms in total. The van der Waals surface area contributed by atoms with Crippen LogP contribution in [0.1, 0.15) is 68.9 Å². The minimum Gasteiger partial charge on any atom is -0.444 e. The largest absolute Gasteiger partial charge is 0.444 e. The fraction of sp³-hybridized carbons (Fsp3) is 0.500. The molecule has 2 aliphatic heterocycles. The van der Waals surface area contributed by atoms with Crippen LogP contribution in [0.25, 0.3) is 0 Å². The summed E-state index contributed by atoms with van der Waals surface area (Å²) in [4.78, 5) is 55.0. The van der Waals surface area contributed by atoms with Gasteiger partial charge < -0.3 is 29.9 Å². The number of amides is 4. The molecule has 10 heteroatoms. The van der Waals surface area contributed by atoms with Crippen molar-refractivity contribution in [3.63, 3.8) is 0 Å². The Bertz CT molecular complexity index is 1320. The van der Waals surface area contributed by atoms with Gasteiger partial charge in [-0.15, -0.1) is 0 Å². The van der Waals surface area contributed by atoms with Gasteiger partial charge in [-0.2, -0.15) is 0 Å². The Morgan fingerprint density at radius 1 is 1.12 bits per heavy atom. The van der Waals surface area contributed by atoms with E-state index in [0.29, 0.717) is 43.1 Å². The number of carbonyl (C=O) groups is 4. The van der Waals surface area contributed by atoms with Crippen molar-refractivity contribution in [3.8, 4) is 0 Å². The Hall–Kier alpha value is -3.92. The van der Waals surface area contributed by atoms with Gasteiger partial charge in [-0.1, -0.05) is 32.4 Å². The molecule has 0 aromatic heterocycles. The van der Waals surface area contributed by atoms with Crippen LogP contribution in [0.5, 0.6) is 0 Å². The molecule has 1 saturated heterocycles. The zero-order valence-electron chi connectivity index (χ0n) is 25.4. The highest BCUT2D eigenvalue weighted by atomic mass is 16.6. The van der Waals surface area contributed by atoms with Crippen molar-refractivity contribution >= 4 is 35.2 Å². The molecular weight excluding hydrogens is 536 g/mol. The van der Waals surface area contributed by atoms with Gasteiger partial charge >= 0.3 is 6.09 Å².